The molecule has 0 saturated heterocycles. The van der Waals surface area contributed by atoms with E-state index >= 15 is 0 Å². The number of aromatic nitrogens is 4. The minimum atomic E-state index is -0.387. The van der Waals surface area contributed by atoms with Gasteiger partial charge >= 0.3 is 0 Å². The van der Waals surface area contributed by atoms with Crippen molar-refractivity contribution in [3.8, 4) is 0 Å². The average molecular weight is 303 g/mol. The van der Waals surface area contributed by atoms with E-state index in [1.807, 2.05) is 20.8 Å². The highest BCUT2D eigenvalue weighted by atomic mass is 16.2. The van der Waals surface area contributed by atoms with Crippen molar-refractivity contribution in [2.45, 2.75) is 39.8 Å². The maximum atomic E-state index is 12.4. The van der Waals surface area contributed by atoms with Crippen LogP contribution >= 0.6 is 0 Å². The van der Waals surface area contributed by atoms with E-state index in [0.29, 0.717) is 18.8 Å². The number of carbonyl (C=O) groups excluding carboxylic acids is 1. The molecule has 0 aliphatic carbocycles. The van der Waals surface area contributed by atoms with E-state index in [2.05, 4.69) is 15.4 Å². The number of hydrogen-bond donors (Lipinski definition) is 1. The van der Waals surface area contributed by atoms with Gasteiger partial charge in [-0.05, 0) is 32.4 Å². The Labute approximate surface area is 129 Å². The molecule has 7 nitrogen and oxygen atoms in total. The van der Waals surface area contributed by atoms with Crippen LogP contribution in [0.5, 0.6) is 0 Å². The van der Waals surface area contributed by atoms with Gasteiger partial charge in [-0.1, -0.05) is 6.92 Å². The van der Waals surface area contributed by atoms with Crippen LogP contribution in [0.3, 0.4) is 0 Å². The third-order valence-electron chi connectivity index (χ3n) is 3.73. The first kappa shape index (κ1) is 15.9. The summed E-state index contributed by atoms with van der Waals surface area (Å²) in [6.45, 7) is 6.21. The number of nitrogens with zero attached hydrogens (tertiary/aromatic N) is 4. The first-order chi connectivity index (χ1) is 10.5. The summed E-state index contributed by atoms with van der Waals surface area (Å²) in [4.78, 5) is 29.0. The Balaban J connectivity index is 2.29. The standard InChI is InChI=1S/C15H21N5O2/c1-5-12(13-16-9-17-19(13)4)18-14(21)11-8-7-10(3)20(6-2)15(11)22/h7-9,12H,5-6H2,1-4H3,(H,18,21). The number of nitrogens with one attached hydrogen (secondary N) is 1. The van der Waals surface area contributed by atoms with Crippen LogP contribution in [-0.2, 0) is 13.6 Å². The van der Waals surface area contributed by atoms with Crippen molar-refractivity contribution < 1.29 is 4.79 Å². The molecule has 2 aromatic heterocycles. The van der Waals surface area contributed by atoms with Gasteiger partial charge in [0.2, 0.25) is 0 Å². The predicted octanol–water partition coefficient (Wildman–Crippen LogP) is 1.19. The van der Waals surface area contributed by atoms with Crippen LogP contribution in [0, 0.1) is 6.92 Å². The molecule has 0 aliphatic rings. The fourth-order valence-electron chi connectivity index (χ4n) is 2.44. The van der Waals surface area contributed by atoms with Crippen molar-refractivity contribution >= 4 is 5.91 Å². The van der Waals surface area contributed by atoms with E-state index < -0.39 is 0 Å². The monoisotopic (exact) mass is 303 g/mol. The van der Waals surface area contributed by atoms with E-state index in [0.717, 1.165) is 5.69 Å². The van der Waals surface area contributed by atoms with Gasteiger partial charge in [0.15, 0.2) is 0 Å². The lowest BCUT2D eigenvalue weighted by molar-refractivity contribution is 0.0931. The van der Waals surface area contributed by atoms with Crippen LogP contribution in [0.15, 0.2) is 23.3 Å². The van der Waals surface area contributed by atoms with Gasteiger partial charge in [-0.15, -0.1) is 0 Å². The zero-order chi connectivity index (χ0) is 16.3. The highest BCUT2D eigenvalue weighted by Gasteiger charge is 2.20. The van der Waals surface area contributed by atoms with Crippen molar-refractivity contribution in [3.63, 3.8) is 0 Å². The van der Waals surface area contributed by atoms with Gasteiger partial charge in [-0.3, -0.25) is 14.3 Å². The molecule has 22 heavy (non-hydrogen) atoms. The van der Waals surface area contributed by atoms with Crippen LogP contribution in [0.4, 0.5) is 0 Å². The molecule has 2 aromatic rings. The zero-order valence-corrected chi connectivity index (χ0v) is 13.3. The highest BCUT2D eigenvalue weighted by molar-refractivity contribution is 5.94. The molecule has 0 aromatic carbocycles. The highest BCUT2D eigenvalue weighted by Crippen LogP contribution is 2.13. The number of hydrogen-bond acceptors (Lipinski definition) is 4. The molecule has 0 bridgehead atoms. The Morgan fingerprint density at radius 2 is 2.09 bits per heavy atom. The molecular formula is C15H21N5O2. The third-order valence-corrected chi connectivity index (χ3v) is 3.73. The SMILES string of the molecule is CCC(NC(=O)c1ccc(C)n(CC)c1=O)c1ncnn1C. The van der Waals surface area contributed by atoms with Crippen LogP contribution in [0.1, 0.15) is 48.2 Å². The lowest BCUT2D eigenvalue weighted by atomic mass is 10.1. The maximum absolute atomic E-state index is 12.4. The number of rotatable bonds is 5. The summed E-state index contributed by atoms with van der Waals surface area (Å²) in [6, 6.07) is 3.07. The van der Waals surface area contributed by atoms with Gasteiger partial charge in [-0.25, -0.2) is 4.98 Å². The van der Waals surface area contributed by atoms with Crippen molar-refractivity contribution in [1.82, 2.24) is 24.6 Å². The average Bonchev–Trinajstić information content (AvgIpc) is 2.91. The summed E-state index contributed by atoms with van der Waals surface area (Å²) in [7, 11) is 1.77. The zero-order valence-electron chi connectivity index (χ0n) is 13.3. The van der Waals surface area contributed by atoms with E-state index in [4.69, 9.17) is 0 Å². The lowest BCUT2D eigenvalue weighted by Gasteiger charge is -2.16. The van der Waals surface area contributed by atoms with Crippen molar-refractivity contribution in [2.24, 2.45) is 7.05 Å². The minimum absolute atomic E-state index is 0.146. The first-order valence-corrected chi connectivity index (χ1v) is 7.34. The summed E-state index contributed by atoms with van der Waals surface area (Å²) in [5.74, 6) is 0.279. The van der Waals surface area contributed by atoms with Gasteiger partial charge in [0.05, 0.1) is 6.04 Å². The summed E-state index contributed by atoms with van der Waals surface area (Å²) in [5.41, 5.74) is 0.713. The van der Waals surface area contributed by atoms with E-state index in [9.17, 15) is 9.59 Å². The van der Waals surface area contributed by atoms with E-state index in [1.165, 1.54) is 6.33 Å². The molecule has 2 heterocycles. The van der Waals surface area contributed by atoms with Gasteiger partial charge in [0.25, 0.3) is 11.5 Å². The third kappa shape index (κ3) is 2.93. The Hall–Kier alpha value is -2.44. The second-order valence-corrected chi connectivity index (χ2v) is 5.11. The largest absolute Gasteiger partial charge is 0.342 e. The van der Waals surface area contributed by atoms with Crippen LogP contribution in [0.25, 0.3) is 0 Å². The molecule has 1 N–H and O–H groups in total. The first-order valence-electron chi connectivity index (χ1n) is 7.34. The fraction of sp³-hybridized carbons (Fsp3) is 0.467. The molecule has 118 valence electrons. The summed E-state index contributed by atoms with van der Waals surface area (Å²) in [5, 5.41) is 6.87. The van der Waals surface area contributed by atoms with Crippen molar-refractivity contribution in [1.29, 1.82) is 0 Å². The van der Waals surface area contributed by atoms with Gasteiger partial charge in [-0.2, -0.15) is 5.10 Å². The van der Waals surface area contributed by atoms with Crippen LogP contribution in [-0.4, -0.2) is 25.2 Å². The predicted molar refractivity (Wildman–Crippen MR) is 82.6 cm³/mol. The Morgan fingerprint density at radius 3 is 2.64 bits per heavy atom. The number of pyridine rings is 1. The van der Waals surface area contributed by atoms with Crippen molar-refractivity contribution in [2.75, 3.05) is 0 Å². The molecule has 0 radical (unpaired) electrons. The molecule has 7 heteroatoms. The fourth-order valence-corrected chi connectivity index (χ4v) is 2.44. The van der Waals surface area contributed by atoms with Gasteiger partial charge in [0.1, 0.15) is 17.7 Å². The smallest absolute Gasteiger partial charge is 0.263 e. The lowest BCUT2D eigenvalue weighted by Crippen LogP contribution is -2.36. The Bertz CT molecular complexity index is 732. The van der Waals surface area contributed by atoms with Crippen molar-refractivity contribution in [3.05, 3.63) is 45.9 Å². The molecule has 0 fully saturated rings. The molecule has 0 aliphatic heterocycles. The summed E-state index contributed by atoms with van der Waals surface area (Å²) >= 11 is 0. The Kier molecular flexibility index (Phi) is 4.75. The van der Waals surface area contributed by atoms with Crippen LogP contribution in [0.2, 0.25) is 0 Å². The van der Waals surface area contributed by atoms with Gasteiger partial charge in [0, 0.05) is 19.3 Å². The number of carbonyl (C=O) groups is 1. The second kappa shape index (κ2) is 6.55. The molecule has 1 unspecified atom stereocenters. The summed E-state index contributed by atoms with van der Waals surface area (Å²) < 4.78 is 3.20. The second-order valence-electron chi connectivity index (χ2n) is 5.11. The quantitative estimate of drug-likeness (QED) is 0.899. The maximum Gasteiger partial charge on any atom is 0.263 e. The summed E-state index contributed by atoms with van der Waals surface area (Å²) in [6.07, 6.45) is 2.10. The molecule has 1 amide bonds. The molecule has 0 spiro atoms. The minimum Gasteiger partial charge on any atom is -0.342 e. The molecule has 0 saturated carbocycles. The van der Waals surface area contributed by atoms with Crippen LogP contribution < -0.4 is 10.9 Å². The molecule has 2 rings (SSSR count). The molecular weight excluding hydrogens is 282 g/mol. The van der Waals surface area contributed by atoms with Gasteiger partial charge < -0.3 is 9.88 Å². The topological polar surface area (TPSA) is 81.8 Å². The number of amides is 1. The molecule has 1 atom stereocenters. The van der Waals surface area contributed by atoms with E-state index in [-0.39, 0.29) is 23.1 Å². The normalized spacial score (nSPS) is 12.2. The van der Waals surface area contributed by atoms with E-state index in [1.54, 1.807) is 28.4 Å². The number of aryl methyl sites for hydroxylation is 2. The Morgan fingerprint density at radius 1 is 1.36 bits per heavy atom.